The summed E-state index contributed by atoms with van der Waals surface area (Å²) in [6, 6.07) is 8.11. The molecule has 0 bridgehead atoms. The smallest absolute Gasteiger partial charge is 0.310 e. The third-order valence-corrected chi connectivity index (χ3v) is 5.50. The zero-order valence-electron chi connectivity index (χ0n) is 15.8. The van der Waals surface area contributed by atoms with E-state index in [2.05, 4.69) is 27.0 Å². The molecule has 0 unspecified atom stereocenters. The number of carbonyl (C=O) groups excluding carboxylic acids is 1. The normalized spacial score (nSPS) is 14.9. The van der Waals surface area contributed by atoms with Crippen molar-refractivity contribution in [2.24, 2.45) is 0 Å². The maximum absolute atomic E-state index is 12.5. The lowest BCUT2D eigenvalue weighted by Crippen LogP contribution is -2.31. The quantitative estimate of drug-likeness (QED) is 0.767. The fourth-order valence-corrected chi connectivity index (χ4v) is 4.12. The van der Waals surface area contributed by atoms with Gasteiger partial charge in [-0.25, -0.2) is 4.98 Å². The van der Waals surface area contributed by atoms with Gasteiger partial charge >= 0.3 is 5.97 Å². The van der Waals surface area contributed by atoms with Crippen molar-refractivity contribution in [2.75, 3.05) is 31.2 Å². The van der Waals surface area contributed by atoms with Crippen LogP contribution in [0.15, 0.2) is 29.1 Å². The summed E-state index contributed by atoms with van der Waals surface area (Å²) in [6.07, 6.45) is -0.0602. The Labute approximate surface area is 163 Å². The minimum Gasteiger partial charge on any atom is -0.466 e. The topological polar surface area (TPSA) is 75.3 Å². The average Bonchev–Trinajstić information content (AvgIpc) is 2.66. The molecule has 7 heteroatoms. The van der Waals surface area contributed by atoms with Gasteiger partial charge in [0.25, 0.3) is 5.56 Å². The van der Waals surface area contributed by atoms with Crippen molar-refractivity contribution in [2.45, 2.75) is 26.8 Å². The van der Waals surface area contributed by atoms with Gasteiger partial charge in [-0.1, -0.05) is 18.2 Å². The Balaban J connectivity index is 1.80. The highest BCUT2D eigenvalue weighted by molar-refractivity contribution is 7.99. The molecular weight excluding hydrogens is 362 g/mol. The van der Waals surface area contributed by atoms with Gasteiger partial charge in [-0.2, -0.15) is 11.8 Å². The number of benzene rings is 1. The van der Waals surface area contributed by atoms with Crippen molar-refractivity contribution in [3.05, 3.63) is 51.4 Å². The third kappa shape index (κ3) is 5.20. The molecular formula is C20H25N3O3S. The minimum atomic E-state index is -0.414. The van der Waals surface area contributed by atoms with Gasteiger partial charge in [-0.15, -0.1) is 0 Å². The number of nitrogens with one attached hydrogen (secondary N) is 1. The molecule has 27 heavy (non-hydrogen) atoms. The van der Waals surface area contributed by atoms with Crippen LogP contribution in [-0.2, 0) is 22.5 Å². The molecule has 1 fully saturated rings. The van der Waals surface area contributed by atoms with E-state index in [1.54, 1.807) is 13.8 Å². The number of aryl methyl sites for hydroxylation is 1. The van der Waals surface area contributed by atoms with Gasteiger partial charge in [-0.3, -0.25) is 14.5 Å². The summed E-state index contributed by atoms with van der Waals surface area (Å²) in [6.45, 7) is 6.90. The summed E-state index contributed by atoms with van der Waals surface area (Å²) in [5.74, 6) is 2.47. The SMILES string of the molecule is CCOC(=O)Cc1c(C)nc(-c2cccc(CN3CCSCC3)c2)[nH]c1=O. The van der Waals surface area contributed by atoms with E-state index in [-0.39, 0.29) is 12.0 Å². The predicted molar refractivity (Wildman–Crippen MR) is 108 cm³/mol. The van der Waals surface area contributed by atoms with E-state index in [9.17, 15) is 9.59 Å². The predicted octanol–water partition coefficient (Wildman–Crippen LogP) is 2.40. The van der Waals surface area contributed by atoms with Crippen LogP contribution in [0.1, 0.15) is 23.7 Å². The van der Waals surface area contributed by atoms with Gasteiger partial charge in [-0.05, 0) is 25.5 Å². The highest BCUT2D eigenvalue weighted by Crippen LogP contribution is 2.19. The first-order valence-electron chi connectivity index (χ1n) is 9.21. The van der Waals surface area contributed by atoms with Crippen molar-refractivity contribution in [3.63, 3.8) is 0 Å². The summed E-state index contributed by atoms with van der Waals surface area (Å²) >= 11 is 2.00. The molecule has 1 aliphatic heterocycles. The van der Waals surface area contributed by atoms with E-state index >= 15 is 0 Å². The molecule has 0 saturated carbocycles. The third-order valence-electron chi connectivity index (χ3n) is 4.56. The lowest BCUT2D eigenvalue weighted by Gasteiger charge is -2.26. The first kappa shape index (κ1) is 19.6. The number of hydrogen-bond donors (Lipinski definition) is 1. The summed E-state index contributed by atoms with van der Waals surface area (Å²) in [4.78, 5) is 33.9. The van der Waals surface area contributed by atoms with Crippen molar-refractivity contribution >= 4 is 17.7 Å². The zero-order valence-corrected chi connectivity index (χ0v) is 16.6. The van der Waals surface area contributed by atoms with E-state index in [0.29, 0.717) is 23.7 Å². The second-order valence-electron chi connectivity index (χ2n) is 6.55. The molecule has 2 aromatic rings. The van der Waals surface area contributed by atoms with E-state index in [0.717, 1.165) is 25.2 Å². The lowest BCUT2D eigenvalue weighted by atomic mass is 10.1. The molecule has 0 spiro atoms. The molecule has 1 aromatic heterocycles. The number of nitrogens with zero attached hydrogens (tertiary/aromatic N) is 2. The molecule has 1 saturated heterocycles. The molecule has 6 nitrogen and oxygen atoms in total. The van der Waals surface area contributed by atoms with Crippen LogP contribution < -0.4 is 5.56 Å². The molecule has 1 aromatic carbocycles. The molecule has 0 atom stereocenters. The van der Waals surface area contributed by atoms with Crippen LogP contribution in [-0.4, -0.2) is 52.0 Å². The Hall–Kier alpha value is -2.12. The van der Waals surface area contributed by atoms with E-state index in [1.807, 2.05) is 23.9 Å². The summed E-state index contributed by atoms with van der Waals surface area (Å²) in [5.41, 5.74) is 2.71. The number of carbonyl (C=O) groups is 1. The number of ether oxygens (including phenoxy) is 1. The van der Waals surface area contributed by atoms with Crippen LogP contribution in [0.2, 0.25) is 0 Å². The maximum atomic E-state index is 12.5. The van der Waals surface area contributed by atoms with E-state index in [1.165, 1.54) is 17.1 Å². The Morgan fingerprint density at radius 1 is 1.33 bits per heavy atom. The molecule has 144 valence electrons. The molecule has 2 heterocycles. The number of aromatic nitrogens is 2. The standard InChI is InChI=1S/C20H25N3O3S/c1-3-26-18(24)12-17-14(2)21-19(22-20(17)25)16-6-4-5-15(11-16)13-23-7-9-27-10-8-23/h4-6,11H,3,7-10,12-13H2,1-2H3,(H,21,22,25). The number of hydrogen-bond acceptors (Lipinski definition) is 6. The van der Waals surface area contributed by atoms with Crippen LogP contribution >= 0.6 is 11.8 Å². The Morgan fingerprint density at radius 2 is 2.11 bits per heavy atom. The summed E-state index contributed by atoms with van der Waals surface area (Å²) in [5, 5.41) is 0. The first-order valence-corrected chi connectivity index (χ1v) is 10.4. The number of H-pyrrole nitrogens is 1. The van der Waals surface area contributed by atoms with E-state index < -0.39 is 5.97 Å². The highest BCUT2D eigenvalue weighted by atomic mass is 32.2. The van der Waals surface area contributed by atoms with Gasteiger partial charge in [0.05, 0.1) is 13.0 Å². The molecule has 0 amide bonds. The van der Waals surface area contributed by atoms with Crippen LogP contribution in [0.4, 0.5) is 0 Å². The van der Waals surface area contributed by atoms with E-state index in [4.69, 9.17) is 4.74 Å². The van der Waals surface area contributed by atoms with Crippen LogP contribution in [0.25, 0.3) is 11.4 Å². The van der Waals surface area contributed by atoms with Crippen LogP contribution in [0.5, 0.6) is 0 Å². The summed E-state index contributed by atoms with van der Waals surface area (Å²) < 4.78 is 4.93. The zero-order chi connectivity index (χ0) is 19.2. The van der Waals surface area contributed by atoms with Crippen molar-refractivity contribution < 1.29 is 9.53 Å². The molecule has 1 N–H and O–H groups in total. The summed E-state index contributed by atoms with van der Waals surface area (Å²) in [7, 11) is 0. The number of aromatic amines is 1. The van der Waals surface area contributed by atoms with Crippen LogP contribution in [0.3, 0.4) is 0 Å². The molecule has 0 aliphatic carbocycles. The Morgan fingerprint density at radius 3 is 2.81 bits per heavy atom. The minimum absolute atomic E-state index is 0.0602. The lowest BCUT2D eigenvalue weighted by molar-refractivity contribution is -0.142. The monoisotopic (exact) mass is 387 g/mol. The fraction of sp³-hybridized carbons (Fsp3) is 0.450. The van der Waals surface area contributed by atoms with Gasteiger partial charge in [0.2, 0.25) is 0 Å². The highest BCUT2D eigenvalue weighted by Gasteiger charge is 2.15. The largest absolute Gasteiger partial charge is 0.466 e. The van der Waals surface area contributed by atoms with Crippen molar-refractivity contribution in [1.29, 1.82) is 0 Å². The molecule has 1 aliphatic rings. The van der Waals surface area contributed by atoms with Gasteiger partial charge < -0.3 is 9.72 Å². The Bertz CT molecular complexity index is 860. The number of esters is 1. The molecule has 3 rings (SSSR count). The second kappa shape index (κ2) is 9.19. The van der Waals surface area contributed by atoms with Crippen molar-refractivity contribution in [3.8, 4) is 11.4 Å². The van der Waals surface area contributed by atoms with Gasteiger partial charge in [0.15, 0.2) is 0 Å². The van der Waals surface area contributed by atoms with Crippen LogP contribution in [0, 0.1) is 6.92 Å². The average molecular weight is 388 g/mol. The number of thioether (sulfide) groups is 1. The Kier molecular flexibility index (Phi) is 6.68. The fourth-order valence-electron chi connectivity index (χ4n) is 3.15. The maximum Gasteiger partial charge on any atom is 0.310 e. The molecule has 0 radical (unpaired) electrons. The first-order chi connectivity index (χ1) is 13.1. The van der Waals surface area contributed by atoms with Crippen molar-refractivity contribution in [1.82, 2.24) is 14.9 Å². The second-order valence-corrected chi connectivity index (χ2v) is 7.77. The van der Waals surface area contributed by atoms with Gasteiger partial charge in [0, 0.05) is 48.0 Å². The van der Waals surface area contributed by atoms with Gasteiger partial charge in [0.1, 0.15) is 5.82 Å². The number of rotatable bonds is 6.